The standard InChI is InChI=1S/C22H18FN5O2/c1-2-10-8-17(29)14(23)9-13(10)11-3-4-12-16(7-11)26-27-18(12)21-24-15-5-6-28-20(22(28)30)19(15)25-21/h3-4,7-9,20,29H,2,5-6H2,1H3,(H,24,25)(H,26,27). The van der Waals surface area contributed by atoms with Crippen molar-refractivity contribution in [2.45, 2.75) is 25.8 Å². The molecule has 2 aromatic carbocycles. The van der Waals surface area contributed by atoms with Gasteiger partial charge in [0.15, 0.2) is 23.4 Å². The summed E-state index contributed by atoms with van der Waals surface area (Å²) in [4.78, 5) is 21.7. The highest BCUT2D eigenvalue weighted by atomic mass is 19.1. The Labute approximate surface area is 170 Å². The van der Waals surface area contributed by atoms with E-state index in [1.807, 2.05) is 30.0 Å². The molecule has 2 aromatic heterocycles. The number of phenols is 1. The Morgan fingerprint density at radius 3 is 3.00 bits per heavy atom. The molecule has 0 saturated carbocycles. The van der Waals surface area contributed by atoms with E-state index < -0.39 is 5.82 Å². The average molecular weight is 403 g/mol. The van der Waals surface area contributed by atoms with Gasteiger partial charge in [0.25, 0.3) is 5.91 Å². The fraction of sp³-hybridized carbons (Fsp3) is 0.227. The third-order valence-electron chi connectivity index (χ3n) is 6.09. The van der Waals surface area contributed by atoms with Crippen molar-refractivity contribution in [2.75, 3.05) is 6.54 Å². The van der Waals surface area contributed by atoms with Crippen molar-refractivity contribution in [3.63, 3.8) is 0 Å². The minimum Gasteiger partial charge on any atom is -0.505 e. The Morgan fingerprint density at radius 2 is 2.17 bits per heavy atom. The minimum absolute atomic E-state index is 0.135. The molecule has 1 amide bonds. The summed E-state index contributed by atoms with van der Waals surface area (Å²) in [5, 5.41) is 18.1. The van der Waals surface area contributed by atoms with Crippen LogP contribution in [0.5, 0.6) is 5.75 Å². The van der Waals surface area contributed by atoms with Crippen molar-refractivity contribution in [3.05, 3.63) is 53.1 Å². The molecule has 30 heavy (non-hydrogen) atoms. The number of aryl methyl sites for hydroxylation is 1. The van der Waals surface area contributed by atoms with E-state index >= 15 is 0 Å². The van der Waals surface area contributed by atoms with Gasteiger partial charge in [0.1, 0.15) is 5.69 Å². The van der Waals surface area contributed by atoms with E-state index in [2.05, 4.69) is 20.2 Å². The largest absolute Gasteiger partial charge is 0.505 e. The third kappa shape index (κ3) is 2.33. The van der Waals surface area contributed by atoms with Crippen LogP contribution in [0, 0.1) is 5.82 Å². The molecule has 0 aliphatic carbocycles. The maximum atomic E-state index is 14.0. The number of phenolic OH excluding ortho intramolecular Hbond substituents is 1. The summed E-state index contributed by atoms with van der Waals surface area (Å²) in [6.07, 6.45) is 1.44. The number of amides is 1. The van der Waals surface area contributed by atoms with Gasteiger partial charge < -0.3 is 15.0 Å². The Bertz CT molecular complexity index is 1360. The molecule has 0 radical (unpaired) electrons. The lowest BCUT2D eigenvalue weighted by Gasteiger charge is -2.10. The normalized spacial score (nSPS) is 17.3. The number of benzene rings is 2. The number of halogens is 1. The van der Waals surface area contributed by atoms with Gasteiger partial charge in [-0.05, 0) is 47.4 Å². The lowest BCUT2D eigenvalue weighted by atomic mass is 9.96. The van der Waals surface area contributed by atoms with Crippen LogP contribution in [0.3, 0.4) is 0 Å². The fourth-order valence-electron chi connectivity index (χ4n) is 4.44. The molecule has 1 unspecified atom stereocenters. The summed E-state index contributed by atoms with van der Waals surface area (Å²) >= 11 is 0. The van der Waals surface area contributed by atoms with E-state index in [1.165, 1.54) is 12.1 Å². The number of carbonyl (C=O) groups is 1. The first kappa shape index (κ1) is 17.2. The predicted octanol–water partition coefficient (Wildman–Crippen LogP) is 3.47. The number of fused-ring (bicyclic) bond motifs is 4. The number of H-pyrrole nitrogens is 2. The first-order valence-corrected chi connectivity index (χ1v) is 9.94. The Morgan fingerprint density at radius 1 is 1.30 bits per heavy atom. The number of hydrogen-bond acceptors (Lipinski definition) is 4. The second-order valence-corrected chi connectivity index (χ2v) is 7.78. The van der Waals surface area contributed by atoms with E-state index in [0.717, 1.165) is 51.9 Å². The predicted molar refractivity (Wildman–Crippen MR) is 108 cm³/mol. The maximum absolute atomic E-state index is 14.0. The van der Waals surface area contributed by atoms with Crippen molar-refractivity contribution in [1.29, 1.82) is 0 Å². The number of nitrogens with zero attached hydrogens (tertiary/aromatic N) is 3. The van der Waals surface area contributed by atoms with Crippen LogP contribution >= 0.6 is 0 Å². The number of aromatic amines is 2. The van der Waals surface area contributed by atoms with Gasteiger partial charge >= 0.3 is 0 Å². The summed E-state index contributed by atoms with van der Waals surface area (Å²) in [5.74, 6) is -0.200. The zero-order valence-corrected chi connectivity index (χ0v) is 16.2. The van der Waals surface area contributed by atoms with Crippen molar-refractivity contribution >= 4 is 16.8 Å². The van der Waals surface area contributed by atoms with E-state index in [9.17, 15) is 14.3 Å². The summed E-state index contributed by atoms with van der Waals surface area (Å²) in [6.45, 7) is 2.69. The van der Waals surface area contributed by atoms with E-state index in [4.69, 9.17) is 0 Å². The number of hydrogen-bond donors (Lipinski definition) is 3. The Kier molecular flexibility index (Phi) is 3.39. The van der Waals surface area contributed by atoms with Crippen molar-refractivity contribution < 1.29 is 14.3 Å². The molecule has 1 atom stereocenters. The number of aromatic hydroxyl groups is 1. The van der Waals surface area contributed by atoms with Crippen molar-refractivity contribution in [1.82, 2.24) is 25.1 Å². The lowest BCUT2D eigenvalue weighted by molar-refractivity contribution is -0.113. The molecule has 3 N–H and O–H groups in total. The molecule has 2 aliphatic rings. The van der Waals surface area contributed by atoms with Gasteiger partial charge in [-0.1, -0.05) is 13.0 Å². The molecular formula is C22H18FN5O2. The van der Waals surface area contributed by atoms with Crippen LogP contribution in [0.25, 0.3) is 33.5 Å². The van der Waals surface area contributed by atoms with Gasteiger partial charge in [0.2, 0.25) is 0 Å². The molecule has 2 aliphatic heterocycles. The van der Waals surface area contributed by atoms with Crippen LogP contribution in [0.1, 0.15) is 29.9 Å². The van der Waals surface area contributed by atoms with Crippen molar-refractivity contribution in [3.8, 4) is 28.4 Å². The molecule has 0 bridgehead atoms. The highest BCUT2D eigenvalue weighted by molar-refractivity contribution is 5.99. The molecule has 6 rings (SSSR count). The monoisotopic (exact) mass is 403 g/mol. The first-order valence-electron chi connectivity index (χ1n) is 9.94. The summed E-state index contributed by atoms with van der Waals surface area (Å²) in [6, 6.07) is 8.42. The van der Waals surface area contributed by atoms with Gasteiger partial charge in [-0.2, -0.15) is 5.10 Å². The van der Waals surface area contributed by atoms with E-state index in [-0.39, 0.29) is 17.7 Å². The Balaban J connectivity index is 1.43. The zero-order valence-electron chi connectivity index (χ0n) is 16.2. The SMILES string of the molecule is CCc1cc(O)c(F)cc1-c1ccc2c(-c3nc4c([nH]3)CCN3C(=O)C43)n[nH]c2c1. The second-order valence-electron chi connectivity index (χ2n) is 7.78. The minimum atomic E-state index is -0.641. The lowest BCUT2D eigenvalue weighted by Crippen LogP contribution is -2.12. The van der Waals surface area contributed by atoms with Crippen LogP contribution < -0.4 is 0 Å². The summed E-state index contributed by atoms with van der Waals surface area (Å²) in [5.41, 5.74) is 5.75. The quantitative estimate of drug-likeness (QED) is 0.456. The van der Waals surface area contributed by atoms with Gasteiger partial charge in [-0.25, -0.2) is 9.37 Å². The van der Waals surface area contributed by atoms with Gasteiger partial charge in [-0.3, -0.25) is 9.89 Å². The van der Waals surface area contributed by atoms with E-state index in [1.54, 1.807) is 0 Å². The number of rotatable bonds is 3. The summed E-state index contributed by atoms with van der Waals surface area (Å²) in [7, 11) is 0. The fourth-order valence-corrected chi connectivity index (χ4v) is 4.44. The second kappa shape index (κ2) is 5.91. The number of nitrogens with one attached hydrogen (secondary N) is 2. The number of aromatic nitrogens is 4. The molecule has 0 spiro atoms. The van der Waals surface area contributed by atoms with Gasteiger partial charge in [0, 0.05) is 24.0 Å². The topological polar surface area (TPSA) is 97.7 Å². The number of imidazole rings is 1. The van der Waals surface area contributed by atoms with Crippen LogP contribution in [0.2, 0.25) is 0 Å². The molecule has 8 heteroatoms. The van der Waals surface area contributed by atoms with Gasteiger partial charge in [-0.15, -0.1) is 0 Å². The molecule has 150 valence electrons. The van der Waals surface area contributed by atoms with Gasteiger partial charge in [0.05, 0.1) is 11.2 Å². The molecule has 1 fully saturated rings. The Hall–Kier alpha value is -3.68. The molecular weight excluding hydrogens is 385 g/mol. The van der Waals surface area contributed by atoms with Crippen LogP contribution in [-0.4, -0.2) is 42.6 Å². The highest BCUT2D eigenvalue weighted by Crippen LogP contribution is 2.42. The van der Waals surface area contributed by atoms with Crippen LogP contribution in [0.4, 0.5) is 4.39 Å². The smallest absolute Gasteiger partial charge is 0.252 e. The zero-order chi connectivity index (χ0) is 20.6. The van der Waals surface area contributed by atoms with Crippen LogP contribution in [-0.2, 0) is 17.6 Å². The van der Waals surface area contributed by atoms with Crippen LogP contribution in [0.15, 0.2) is 30.3 Å². The highest BCUT2D eigenvalue weighted by Gasteiger charge is 2.52. The van der Waals surface area contributed by atoms with E-state index in [0.29, 0.717) is 17.9 Å². The summed E-state index contributed by atoms with van der Waals surface area (Å²) < 4.78 is 14.0. The molecule has 4 heterocycles. The number of carbonyl (C=O) groups excluding carboxylic acids is 1. The molecule has 4 aromatic rings. The molecule has 1 saturated heterocycles. The van der Waals surface area contributed by atoms with Crippen molar-refractivity contribution in [2.24, 2.45) is 0 Å². The molecule has 7 nitrogen and oxygen atoms in total. The average Bonchev–Trinajstić information content (AvgIpc) is 3.10. The maximum Gasteiger partial charge on any atom is 0.252 e. The first-order chi connectivity index (χ1) is 14.5. The third-order valence-corrected chi connectivity index (χ3v) is 6.09.